The van der Waals surface area contributed by atoms with E-state index in [9.17, 15) is 13.2 Å². The molecule has 0 amide bonds. The van der Waals surface area contributed by atoms with Crippen LogP contribution in [0.1, 0.15) is 56.8 Å². The van der Waals surface area contributed by atoms with Crippen LogP contribution in [0.15, 0.2) is 95.8 Å². The van der Waals surface area contributed by atoms with Crippen molar-refractivity contribution < 1.29 is 17.6 Å². The van der Waals surface area contributed by atoms with Crippen LogP contribution in [0.4, 0.5) is 10.1 Å². The molecule has 3 atom stereocenters. The normalized spacial score (nSPS) is 21.6. The summed E-state index contributed by atoms with van der Waals surface area (Å²) in [6, 6.07) is 14.5. The van der Waals surface area contributed by atoms with Crippen LogP contribution in [-0.2, 0) is 40.1 Å². The Hall–Kier alpha value is -4.09. The van der Waals surface area contributed by atoms with Crippen molar-refractivity contribution in [3.8, 4) is 0 Å². The minimum atomic E-state index is -3.60. The van der Waals surface area contributed by atoms with Gasteiger partial charge in [0.25, 0.3) is 0 Å². The number of carbonyl (C=O) groups excluding carboxylic acids is 1. The molecular formula is C41H51FN6O3S. The number of rotatable bonds is 14. The average Bonchev–Trinajstić information content (AvgIpc) is 3.90. The molecule has 2 saturated heterocycles. The second kappa shape index (κ2) is 15.1. The molecule has 0 radical (unpaired) electrons. The summed E-state index contributed by atoms with van der Waals surface area (Å²) in [5.74, 6) is 2.24. The molecule has 276 valence electrons. The Labute approximate surface area is 307 Å². The third kappa shape index (κ3) is 7.14. The molecule has 52 heavy (non-hydrogen) atoms. The van der Waals surface area contributed by atoms with Crippen molar-refractivity contribution in [1.82, 2.24) is 24.2 Å². The second-order valence-corrected chi connectivity index (χ2v) is 17.2. The molecule has 11 heteroatoms. The Kier molecular flexibility index (Phi) is 10.5. The summed E-state index contributed by atoms with van der Waals surface area (Å²) in [5.41, 5.74) is 1.75. The van der Waals surface area contributed by atoms with Gasteiger partial charge >= 0.3 is 0 Å². The van der Waals surface area contributed by atoms with E-state index in [0.29, 0.717) is 18.3 Å². The highest BCUT2D eigenvalue weighted by molar-refractivity contribution is 7.91. The highest BCUT2D eigenvalue weighted by Crippen LogP contribution is 2.54. The summed E-state index contributed by atoms with van der Waals surface area (Å²) in [7, 11) is -1.89. The van der Waals surface area contributed by atoms with E-state index < -0.39 is 9.84 Å². The number of halogens is 1. The van der Waals surface area contributed by atoms with Gasteiger partial charge < -0.3 is 14.4 Å². The summed E-state index contributed by atoms with van der Waals surface area (Å²) in [5, 5.41) is 4.01. The molecule has 1 saturated carbocycles. The monoisotopic (exact) mass is 726 g/mol. The Morgan fingerprint density at radius 1 is 1.06 bits per heavy atom. The highest BCUT2D eigenvalue weighted by atomic mass is 32.2. The van der Waals surface area contributed by atoms with E-state index in [-0.39, 0.29) is 38.6 Å². The molecular weight excluding hydrogens is 676 g/mol. The number of aryl methyl sites for hydroxylation is 2. The van der Waals surface area contributed by atoms with Crippen molar-refractivity contribution in [2.24, 2.45) is 30.7 Å². The number of piperidine rings is 1. The molecule has 0 N–H and O–H groups in total. The SMILES string of the molecule is C=CC(=O)C[C@H]1CCC[C@@H]1[C@](Cn1ccnc1CC)(c1cccc(F)c1)C1CCN(CC2CN(c3ccc(S(=O)(=O)c4cnn(C)c4)cc3)C2)CC1. The van der Waals surface area contributed by atoms with E-state index in [1.54, 1.807) is 31.3 Å². The first-order valence-electron chi connectivity index (χ1n) is 18.8. The van der Waals surface area contributed by atoms with Gasteiger partial charge in [0.15, 0.2) is 5.78 Å². The number of nitrogens with zero attached hydrogens (tertiary/aromatic N) is 6. The van der Waals surface area contributed by atoms with E-state index in [2.05, 4.69) is 50.2 Å². The predicted octanol–water partition coefficient (Wildman–Crippen LogP) is 6.50. The summed E-state index contributed by atoms with van der Waals surface area (Å²) in [6.45, 7) is 11.5. The number of carbonyl (C=O) groups is 1. The third-order valence-electron chi connectivity index (χ3n) is 12.2. The molecule has 2 aromatic heterocycles. The number of ketones is 1. The first-order chi connectivity index (χ1) is 25.1. The van der Waals surface area contributed by atoms with Crippen LogP contribution in [0, 0.1) is 29.5 Å². The van der Waals surface area contributed by atoms with Crippen molar-refractivity contribution in [3.05, 3.63) is 103 Å². The lowest BCUT2D eigenvalue weighted by Gasteiger charge is -2.52. The predicted molar refractivity (Wildman–Crippen MR) is 200 cm³/mol. The van der Waals surface area contributed by atoms with Crippen LogP contribution < -0.4 is 4.90 Å². The lowest BCUT2D eigenvalue weighted by Crippen LogP contribution is -2.55. The van der Waals surface area contributed by atoms with E-state index in [1.165, 1.54) is 23.2 Å². The van der Waals surface area contributed by atoms with Gasteiger partial charge in [0.2, 0.25) is 9.84 Å². The minimum absolute atomic E-state index is 0.0944. The number of aromatic nitrogens is 4. The number of hydrogen-bond donors (Lipinski definition) is 0. The van der Waals surface area contributed by atoms with Crippen LogP contribution in [0.3, 0.4) is 0 Å². The number of sulfone groups is 1. The lowest BCUT2D eigenvalue weighted by atomic mass is 9.56. The molecule has 3 aliphatic rings. The van der Waals surface area contributed by atoms with Crippen molar-refractivity contribution in [2.45, 2.75) is 73.6 Å². The molecule has 1 aliphatic carbocycles. The average molecular weight is 727 g/mol. The molecule has 0 bridgehead atoms. The summed E-state index contributed by atoms with van der Waals surface area (Å²) in [4.78, 5) is 22.9. The molecule has 0 unspecified atom stereocenters. The van der Waals surface area contributed by atoms with Gasteiger partial charge in [0.05, 0.1) is 11.1 Å². The standard InChI is InChI=1S/C41H51FN6O3S/c1-4-36(49)22-31-8-6-11-39(31)41(33-9-7-10-34(42)23-33,29-47-21-18-43-40(47)5-2)32-16-19-46(20-17-32)25-30-26-48(27-30)35-12-14-37(15-13-35)52(50,51)38-24-44-45(3)28-38/h4,7,9-10,12-15,18,21,23-24,28,30-32,39H,1,5-6,8,11,16-17,19-20,22,25-27,29H2,2-3H3/t31-,39+,41+/m1/s1. The Bertz CT molecular complexity index is 1980. The first-order valence-corrected chi connectivity index (χ1v) is 20.3. The molecule has 7 rings (SSSR count). The summed E-state index contributed by atoms with van der Waals surface area (Å²) >= 11 is 0. The number of benzene rings is 2. The lowest BCUT2D eigenvalue weighted by molar-refractivity contribution is -0.116. The number of likely N-dealkylation sites (tertiary alicyclic amines) is 1. The smallest absolute Gasteiger partial charge is 0.209 e. The van der Waals surface area contributed by atoms with Crippen LogP contribution in [0.2, 0.25) is 0 Å². The molecule has 2 aliphatic heterocycles. The molecule has 4 aromatic rings. The van der Waals surface area contributed by atoms with Crippen molar-refractivity contribution in [2.75, 3.05) is 37.6 Å². The van der Waals surface area contributed by atoms with E-state index in [1.807, 2.05) is 24.4 Å². The van der Waals surface area contributed by atoms with Gasteiger partial charge in [-0.2, -0.15) is 5.10 Å². The molecule has 2 aromatic carbocycles. The maximum Gasteiger partial charge on any atom is 0.209 e. The Morgan fingerprint density at radius 3 is 2.50 bits per heavy atom. The largest absolute Gasteiger partial charge is 0.371 e. The topological polar surface area (TPSA) is 93.3 Å². The number of hydrogen-bond acceptors (Lipinski definition) is 7. The highest BCUT2D eigenvalue weighted by Gasteiger charge is 2.52. The molecule has 0 spiro atoms. The van der Waals surface area contributed by atoms with Crippen LogP contribution in [0.5, 0.6) is 0 Å². The number of allylic oxidation sites excluding steroid dienone is 1. The summed E-state index contributed by atoms with van der Waals surface area (Å²) in [6.07, 6.45) is 14.8. The van der Waals surface area contributed by atoms with Crippen LogP contribution >= 0.6 is 0 Å². The van der Waals surface area contributed by atoms with Crippen molar-refractivity contribution in [1.29, 1.82) is 0 Å². The fraction of sp³-hybridized carbons (Fsp3) is 0.488. The maximum absolute atomic E-state index is 15.2. The summed E-state index contributed by atoms with van der Waals surface area (Å²) < 4.78 is 45.0. The molecule has 3 fully saturated rings. The number of imidazole rings is 1. The Balaban J connectivity index is 1.06. The first kappa shape index (κ1) is 36.3. The van der Waals surface area contributed by atoms with Gasteiger partial charge in [0, 0.05) is 81.7 Å². The quantitative estimate of drug-likeness (QED) is 0.137. The molecule has 4 heterocycles. The Morgan fingerprint density at radius 2 is 1.83 bits per heavy atom. The van der Waals surface area contributed by atoms with Gasteiger partial charge in [-0.1, -0.05) is 32.1 Å². The van der Waals surface area contributed by atoms with Gasteiger partial charge in [-0.3, -0.25) is 9.48 Å². The van der Waals surface area contributed by atoms with Crippen LogP contribution in [-0.4, -0.2) is 71.2 Å². The zero-order valence-corrected chi connectivity index (χ0v) is 31.2. The van der Waals surface area contributed by atoms with E-state index in [0.717, 1.165) is 94.9 Å². The van der Waals surface area contributed by atoms with Crippen LogP contribution in [0.25, 0.3) is 0 Å². The third-order valence-corrected chi connectivity index (χ3v) is 13.9. The van der Waals surface area contributed by atoms with E-state index in [4.69, 9.17) is 0 Å². The van der Waals surface area contributed by atoms with Gasteiger partial charge in [-0.05, 0) is 105 Å². The maximum atomic E-state index is 15.2. The van der Waals surface area contributed by atoms with Gasteiger partial charge in [0.1, 0.15) is 16.5 Å². The van der Waals surface area contributed by atoms with Gasteiger partial charge in [-0.25, -0.2) is 17.8 Å². The molecule has 9 nitrogen and oxygen atoms in total. The van der Waals surface area contributed by atoms with Crippen molar-refractivity contribution in [3.63, 3.8) is 0 Å². The van der Waals surface area contributed by atoms with E-state index >= 15 is 4.39 Å². The fourth-order valence-corrected chi connectivity index (χ4v) is 10.9. The zero-order valence-electron chi connectivity index (χ0n) is 30.4. The van der Waals surface area contributed by atoms with Gasteiger partial charge in [-0.15, -0.1) is 0 Å². The van der Waals surface area contributed by atoms with Crippen molar-refractivity contribution >= 4 is 21.3 Å². The second-order valence-electron chi connectivity index (χ2n) is 15.2. The zero-order chi connectivity index (χ0) is 36.5. The number of anilines is 1. The fourth-order valence-electron chi connectivity index (χ4n) is 9.65. The minimum Gasteiger partial charge on any atom is -0.371 e.